The van der Waals surface area contributed by atoms with Gasteiger partial charge in [0.05, 0.1) is 7.11 Å². The van der Waals surface area contributed by atoms with Crippen molar-refractivity contribution >= 4 is 10.8 Å². The van der Waals surface area contributed by atoms with Crippen LogP contribution in [0, 0.1) is 0 Å². The molecule has 0 aliphatic heterocycles. The van der Waals surface area contributed by atoms with Gasteiger partial charge in [-0.3, -0.25) is 0 Å². The van der Waals surface area contributed by atoms with Crippen LogP contribution in [0.15, 0.2) is 36.4 Å². The Morgan fingerprint density at radius 2 is 1.55 bits per heavy atom. The summed E-state index contributed by atoms with van der Waals surface area (Å²) >= 11 is 0. The number of rotatable bonds is 5. The molecule has 1 N–H and O–H groups in total. The fraction of sp³-hybridized carbons (Fsp3) is 0.375. The summed E-state index contributed by atoms with van der Waals surface area (Å²) in [6, 6.07) is 11.6. The fourth-order valence-corrected chi connectivity index (χ4v) is 2.36. The van der Waals surface area contributed by atoms with Crippen molar-refractivity contribution < 1.29 is 19.3 Å². The van der Waals surface area contributed by atoms with Crippen LogP contribution in [0.25, 0.3) is 10.8 Å². The third-order valence-corrected chi connectivity index (χ3v) is 3.52. The highest BCUT2D eigenvalue weighted by Crippen LogP contribution is 2.30. The Kier molecular flexibility index (Phi) is 4.28. The summed E-state index contributed by atoms with van der Waals surface area (Å²) in [4.78, 5) is 0. The molecule has 2 aromatic rings. The standard InChI is InChI=1S/C16H20O4/c1-16(17,15(19-3)20-4)13-7-5-12-10-14(18-2)8-6-11(12)9-13/h5-10,15,17H,1-4H3. The molecule has 1 atom stereocenters. The lowest BCUT2D eigenvalue weighted by Crippen LogP contribution is -2.39. The second-order valence-corrected chi connectivity index (χ2v) is 4.88. The summed E-state index contributed by atoms with van der Waals surface area (Å²) in [5.74, 6) is 0.809. The Labute approximate surface area is 118 Å². The van der Waals surface area contributed by atoms with Crippen LogP contribution >= 0.6 is 0 Å². The van der Waals surface area contributed by atoms with Crippen molar-refractivity contribution in [1.82, 2.24) is 0 Å². The summed E-state index contributed by atoms with van der Waals surface area (Å²) in [6.45, 7) is 1.68. The lowest BCUT2D eigenvalue weighted by Gasteiger charge is -2.31. The third-order valence-electron chi connectivity index (χ3n) is 3.52. The van der Waals surface area contributed by atoms with Crippen LogP contribution in [0.3, 0.4) is 0 Å². The lowest BCUT2D eigenvalue weighted by molar-refractivity contribution is -0.213. The van der Waals surface area contributed by atoms with Crippen molar-refractivity contribution in [1.29, 1.82) is 0 Å². The molecule has 0 saturated carbocycles. The average Bonchev–Trinajstić information content (AvgIpc) is 2.47. The SMILES string of the molecule is COc1ccc2cc(C(C)(O)C(OC)OC)ccc2c1. The van der Waals surface area contributed by atoms with Crippen molar-refractivity contribution in [3.05, 3.63) is 42.0 Å². The maximum absolute atomic E-state index is 10.6. The minimum Gasteiger partial charge on any atom is -0.497 e. The van der Waals surface area contributed by atoms with E-state index in [2.05, 4.69) is 0 Å². The van der Waals surface area contributed by atoms with Crippen molar-refractivity contribution in [2.45, 2.75) is 18.8 Å². The molecule has 20 heavy (non-hydrogen) atoms. The maximum atomic E-state index is 10.6. The van der Waals surface area contributed by atoms with E-state index in [0.717, 1.165) is 22.1 Å². The first-order valence-electron chi connectivity index (χ1n) is 6.39. The Morgan fingerprint density at radius 1 is 0.950 bits per heavy atom. The molecule has 0 saturated heterocycles. The molecule has 0 bridgehead atoms. The van der Waals surface area contributed by atoms with Gasteiger partial charge in [0.25, 0.3) is 0 Å². The second kappa shape index (κ2) is 5.79. The summed E-state index contributed by atoms with van der Waals surface area (Å²) < 4.78 is 15.6. The van der Waals surface area contributed by atoms with Crippen molar-refractivity contribution in [2.75, 3.05) is 21.3 Å². The molecule has 0 spiro atoms. The number of fused-ring (bicyclic) bond motifs is 1. The molecular weight excluding hydrogens is 256 g/mol. The lowest BCUT2D eigenvalue weighted by atomic mass is 9.93. The smallest absolute Gasteiger partial charge is 0.189 e. The highest BCUT2D eigenvalue weighted by molar-refractivity contribution is 5.84. The van der Waals surface area contributed by atoms with Crippen molar-refractivity contribution in [3.63, 3.8) is 0 Å². The summed E-state index contributed by atoms with van der Waals surface area (Å²) in [5.41, 5.74) is -0.485. The van der Waals surface area contributed by atoms with Gasteiger partial charge in [0.2, 0.25) is 0 Å². The Balaban J connectivity index is 2.46. The van der Waals surface area contributed by atoms with Gasteiger partial charge in [-0.25, -0.2) is 0 Å². The summed E-state index contributed by atoms with van der Waals surface area (Å²) in [5, 5.41) is 12.7. The van der Waals surface area contributed by atoms with Gasteiger partial charge in [0.15, 0.2) is 6.29 Å². The van der Waals surface area contributed by atoms with Gasteiger partial charge in [-0.05, 0) is 41.5 Å². The monoisotopic (exact) mass is 276 g/mol. The van der Waals surface area contributed by atoms with E-state index in [1.165, 1.54) is 14.2 Å². The predicted octanol–water partition coefficient (Wildman–Crippen LogP) is 2.67. The normalized spacial score (nSPS) is 14.5. The van der Waals surface area contributed by atoms with E-state index in [9.17, 15) is 5.11 Å². The Bertz CT molecular complexity index is 588. The van der Waals surface area contributed by atoms with Gasteiger partial charge < -0.3 is 19.3 Å². The van der Waals surface area contributed by atoms with Crippen LogP contribution in [0.2, 0.25) is 0 Å². The molecule has 0 radical (unpaired) electrons. The fourth-order valence-electron chi connectivity index (χ4n) is 2.36. The van der Waals surface area contributed by atoms with Crippen LogP contribution in [0.5, 0.6) is 5.75 Å². The Hall–Kier alpha value is -1.62. The number of ether oxygens (including phenoxy) is 3. The van der Waals surface area contributed by atoms with Crippen molar-refractivity contribution in [2.24, 2.45) is 0 Å². The molecule has 0 aliphatic rings. The minimum absolute atomic E-state index is 0.724. The highest BCUT2D eigenvalue weighted by Gasteiger charge is 2.34. The Morgan fingerprint density at radius 3 is 2.15 bits per heavy atom. The molecule has 4 nitrogen and oxygen atoms in total. The third kappa shape index (κ3) is 2.63. The zero-order valence-corrected chi connectivity index (χ0v) is 12.2. The number of benzene rings is 2. The summed E-state index contributed by atoms with van der Waals surface area (Å²) in [6.07, 6.45) is -0.724. The van der Waals surface area contributed by atoms with E-state index in [1.54, 1.807) is 14.0 Å². The number of aliphatic hydroxyl groups is 1. The van der Waals surface area contributed by atoms with E-state index < -0.39 is 11.9 Å². The zero-order chi connectivity index (χ0) is 14.8. The van der Waals surface area contributed by atoms with Gasteiger partial charge in [-0.15, -0.1) is 0 Å². The second-order valence-electron chi connectivity index (χ2n) is 4.88. The van der Waals surface area contributed by atoms with Crippen LogP contribution in [0.4, 0.5) is 0 Å². The van der Waals surface area contributed by atoms with E-state index in [-0.39, 0.29) is 0 Å². The number of hydrogen-bond acceptors (Lipinski definition) is 4. The van der Waals surface area contributed by atoms with Gasteiger partial charge in [0.1, 0.15) is 11.4 Å². The number of hydrogen-bond donors (Lipinski definition) is 1. The maximum Gasteiger partial charge on any atom is 0.189 e. The van der Waals surface area contributed by atoms with E-state index >= 15 is 0 Å². The molecular formula is C16H20O4. The molecule has 0 fully saturated rings. The molecule has 0 heterocycles. The van der Waals surface area contributed by atoms with Crippen LogP contribution in [-0.2, 0) is 15.1 Å². The van der Waals surface area contributed by atoms with Gasteiger partial charge in [0, 0.05) is 14.2 Å². The van der Waals surface area contributed by atoms with Crippen LogP contribution in [0.1, 0.15) is 12.5 Å². The van der Waals surface area contributed by atoms with Crippen molar-refractivity contribution in [3.8, 4) is 5.75 Å². The topological polar surface area (TPSA) is 47.9 Å². The summed E-state index contributed by atoms with van der Waals surface area (Å²) in [7, 11) is 4.66. The van der Waals surface area contributed by atoms with Crippen LogP contribution in [-0.4, -0.2) is 32.7 Å². The quantitative estimate of drug-likeness (QED) is 0.853. The molecule has 1 unspecified atom stereocenters. The predicted molar refractivity (Wildman–Crippen MR) is 77.9 cm³/mol. The number of methoxy groups -OCH3 is 3. The van der Waals surface area contributed by atoms with E-state index in [0.29, 0.717) is 0 Å². The molecule has 0 amide bonds. The molecule has 0 aliphatic carbocycles. The largest absolute Gasteiger partial charge is 0.497 e. The van der Waals surface area contributed by atoms with E-state index in [4.69, 9.17) is 14.2 Å². The molecule has 2 rings (SSSR count). The first-order chi connectivity index (χ1) is 9.52. The van der Waals surface area contributed by atoms with Crippen LogP contribution < -0.4 is 4.74 Å². The highest BCUT2D eigenvalue weighted by atomic mass is 16.7. The average molecular weight is 276 g/mol. The molecule has 108 valence electrons. The van der Waals surface area contributed by atoms with Gasteiger partial charge in [-0.2, -0.15) is 0 Å². The first-order valence-corrected chi connectivity index (χ1v) is 6.39. The first kappa shape index (κ1) is 14.8. The van der Waals surface area contributed by atoms with Gasteiger partial charge in [-0.1, -0.05) is 18.2 Å². The zero-order valence-electron chi connectivity index (χ0n) is 12.2. The molecule has 2 aromatic carbocycles. The molecule has 4 heteroatoms. The minimum atomic E-state index is -1.22. The van der Waals surface area contributed by atoms with Gasteiger partial charge >= 0.3 is 0 Å². The van der Waals surface area contributed by atoms with E-state index in [1.807, 2.05) is 36.4 Å². The molecule has 0 aromatic heterocycles.